The van der Waals surface area contributed by atoms with E-state index >= 15 is 0 Å². The summed E-state index contributed by atoms with van der Waals surface area (Å²) in [4.78, 5) is 43.4. The van der Waals surface area contributed by atoms with Crippen molar-refractivity contribution in [2.45, 2.75) is 6.92 Å². The Labute approximate surface area is 227 Å². The van der Waals surface area contributed by atoms with Gasteiger partial charge in [-0.1, -0.05) is 71.8 Å². The number of benzene rings is 3. The van der Waals surface area contributed by atoms with E-state index in [-0.39, 0.29) is 11.3 Å². The third-order valence-electron chi connectivity index (χ3n) is 6.06. The number of aryl methyl sites for hydroxylation is 1. The molecule has 0 aliphatic heterocycles. The van der Waals surface area contributed by atoms with Gasteiger partial charge in [0, 0.05) is 34.0 Å². The average molecular weight is 544 g/mol. The maximum Gasteiger partial charge on any atom is 0.356 e. The first-order valence-electron chi connectivity index (χ1n) is 11.7. The minimum absolute atomic E-state index is 0.0414. The van der Waals surface area contributed by atoms with Gasteiger partial charge in [-0.15, -0.1) is 11.3 Å². The zero-order chi connectivity index (χ0) is 26.8. The first kappa shape index (κ1) is 25.4. The number of carbonyl (C=O) groups excluding carboxylic acids is 2. The number of halogens is 1. The SMILES string of the molecule is Cc1ccc(-c2csc(NC(=O)COC(=O)c3c(-c4ccc(Cl)cc4)c4ccccc4c(=O)n3C)n2)cc1. The van der Waals surface area contributed by atoms with Gasteiger partial charge in [-0.3, -0.25) is 14.9 Å². The monoisotopic (exact) mass is 543 g/mol. The summed E-state index contributed by atoms with van der Waals surface area (Å²) in [5, 5.41) is 6.50. The minimum atomic E-state index is -0.796. The highest BCUT2D eigenvalue weighted by molar-refractivity contribution is 7.14. The molecule has 0 atom stereocenters. The number of fused-ring (bicyclic) bond motifs is 1. The van der Waals surface area contributed by atoms with Gasteiger partial charge in [-0.25, -0.2) is 9.78 Å². The van der Waals surface area contributed by atoms with Gasteiger partial charge in [0.1, 0.15) is 5.69 Å². The predicted molar refractivity (Wildman–Crippen MR) is 151 cm³/mol. The maximum atomic E-state index is 13.3. The number of ether oxygens (including phenoxy) is 1. The molecule has 2 aromatic heterocycles. The summed E-state index contributed by atoms with van der Waals surface area (Å²) in [6.45, 7) is 1.46. The number of nitrogens with zero attached hydrogens (tertiary/aromatic N) is 2. The molecular formula is C29H22ClN3O4S. The number of nitrogens with one attached hydrogen (secondary N) is 1. The summed E-state index contributed by atoms with van der Waals surface area (Å²) < 4.78 is 6.63. The van der Waals surface area contributed by atoms with Gasteiger partial charge in [0.05, 0.1) is 5.69 Å². The van der Waals surface area contributed by atoms with E-state index in [1.807, 2.05) is 36.6 Å². The molecule has 5 rings (SSSR count). The number of pyridine rings is 1. The van der Waals surface area contributed by atoms with E-state index in [1.165, 1.54) is 23.0 Å². The Morgan fingerprint density at radius 1 is 0.974 bits per heavy atom. The van der Waals surface area contributed by atoms with E-state index in [0.29, 0.717) is 32.1 Å². The number of aromatic nitrogens is 2. The van der Waals surface area contributed by atoms with Crippen LogP contribution >= 0.6 is 22.9 Å². The molecule has 0 fully saturated rings. The van der Waals surface area contributed by atoms with Crippen LogP contribution in [0.5, 0.6) is 0 Å². The molecule has 0 aliphatic carbocycles. The lowest BCUT2D eigenvalue weighted by atomic mass is 9.97. The number of esters is 1. The fraction of sp³-hybridized carbons (Fsp3) is 0.103. The number of hydrogen-bond acceptors (Lipinski definition) is 6. The Bertz CT molecular complexity index is 1720. The standard InChI is InChI=1S/C29H22ClN3O4S/c1-17-7-9-18(10-8-17)23-16-38-29(31-23)32-24(34)15-37-28(36)26-25(19-11-13-20(30)14-12-19)21-5-3-4-6-22(21)27(35)33(26)2/h3-14,16H,15H2,1-2H3,(H,31,32,34). The van der Waals surface area contributed by atoms with Crippen molar-refractivity contribution in [3.05, 3.63) is 105 Å². The van der Waals surface area contributed by atoms with Gasteiger partial charge in [0.15, 0.2) is 11.7 Å². The molecule has 9 heteroatoms. The second kappa shape index (κ2) is 10.6. The molecule has 0 radical (unpaired) electrons. The van der Waals surface area contributed by atoms with Gasteiger partial charge >= 0.3 is 5.97 Å². The smallest absolute Gasteiger partial charge is 0.356 e. The maximum absolute atomic E-state index is 13.3. The van der Waals surface area contributed by atoms with E-state index in [0.717, 1.165) is 16.8 Å². The Kier molecular flexibility index (Phi) is 7.09. The highest BCUT2D eigenvalue weighted by Crippen LogP contribution is 2.32. The van der Waals surface area contributed by atoms with E-state index < -0.39 is 18.5 Å². The molecule has 0 saturated heterocycles. The number of hydrogen-bond donors (Lipinski definition) is 1. The van der Waals surface area contributed by atoms with Crippen molar-refractivity contribution in [2.24, 2.45) is 7.05 Å². The van der Waals surface area contributed by atoms with Gasteiger partial charge in [0.2, 0.25) is 0 Å². The summed E-state index contributed by atoms with van der Waals surface area (Å²) in [6.07, 6.45) is 0. The van der Waals surface area contributed by atoms with Crippen LogP contribution in [0.25, 0.3) is 33.2 Å². The fourth-order valence-corrected chi connectivity index (χ4v) is 5.02. The Hall–Kier alpha value is -4.27. The van der Waals surface area contributed by atoms with Crippen molar-refractivity contribution < 1.29 is 14.3 Å². The summed E-state index contributed by atoms with van der Waals surface area (Å²) in [7, 11) is 1.51. The number of thiazole rings is 1. The first-order valence-corrected chi connectivity index (χ1v) is 12.9. The van der Waals surface area contributed by atoms with Crippen LogP contribution in [0, 0.1) is 6.92 Å². The van der Waals surface area contributed by atoms with Crippen molar-refractivity contribution in [3.63, 3.8) is 0 Å². The second-order valence-electron chi connectivity index (χ2n) is 8.67. The van der Waals surface area contributed by atoms with Crippen molar-refractivity contribution in [2.75, 3.05) is 11.9 Å². The van der Waals surface area contributed by atoms with E-state index in [1.54, 1.807) is 48.5 Å². The lowest BCUT2D eigenvalue weighted by Gasteiger charge is -2.16. The van der Waals surface area contributed by atoms with Crippen LogP contribution in [0.4, 0.5) is 5.13 Å². The predicted octanol–water partition coefficient (Wildman–Crippen LogP) is 6.09. The first-order chi connectivity index (χ1) is 18.3. The van der Waals surface area contributed by atoms with E-state index in [9.17, 15) is 14.4 Å². The molecule has 1 N–H and O–H groups in total. The summed E-state index contributed by atoms with van der Waals surface area (Å²) in [5.74, 6) is -1.34. The molecule has 2 heterocycles. The second-order valence-corrected chi connectivity index (χ2v) is 9.96. The molecule has 3 aromatic carbocycles. The van der Waals surface area contributed by atoms with Crippen molar-refractivity contribution in [1.82, 2.24) is 9.55 Å². The number of carbonyl (C=O) groups is 2. The van der Waals surface area contributed by atoms with Crippen LogP contribution in [0.3, 0.4) is 0 Å². The number of anilines is 1. The molecule has 0 aliphatic rings. The van der Waals surface area contributed by atoms with Gasteiger partial charge < -0.3 is 9.30 Å². The summed E-state index contributed by atoms with van der Waals surface area (Å²) >= 11 is 7.35. The van der Waals surface area contributed by atoms with Crippen molar-refractivity contribution in [3.8, 4) is 22.4 Å². The molecule has 0 unspecified atom stereocenters. The van der Waals surface area contributed by atoms with Crippen LogP contribution in [0.2, 0.25) is 5.02 Å². The van der Waals surface area contributed by atoms with Crippen LogP contribution in [-0.4, -0.2) is 28.0 Å². The Morgan fingerprint density at radius 3 is 2.34 bits per heavy atom. The normalized spacial score (nSPS) is 10.9. The average Bonchev–Trinajstić information content (AvgIpc) is 3.38. The fourth-order valence-electron chi connectivity index (χ4n) is 4.16. The molecule has 0 spiro atoms. The summed E-state index contributed by atoms with van der Waals surface area (Å²) in [6, 6.07) is 21.9. The van der Waals surface area contributed by atoms with E-state index in [2.05, 4.69) is 10.3 Å². The molecule has 0 bridgehead atoms. The van der Waals surface area contributed by atoms with Gasteiger partial charge in [0.25, 0.3) is 11.5 Å². The Morgan fingerprint density at radius 2 is 1.63 bits per heavy atom. The Balaban J connectivity index is 1.39. The number of rotatable bonds is 6. The lowest BCUT2D eigenvalue weighted by molar-refractivity contribution is -0.119. The third kappa shape index (κ3) is 5.09. The third-order valence-corrected chi connectivity index (χ3v) is 7.07. The number of amides is 1. The van der Waals surface area contributed by atoms with Gasteiger partial charge in [-0.2, -0.15) is 0 Å². The van der Waals surface area contributed by atoms with E-state index in [4.69, 9.17) is 16.3 Å². The van der Waals surface area contributed by atoms with Crippen LogP contribution in [0.1, 0.15) is 16.1 Å². The highest BCUT2D eigenvalue weighted by atomic mass is 35.5. The van der Waals surface area contributed by atoms with Gasteiger partial charge in [-0.05, 0) is 36.1 Å². The van der Waals surface area contributed by atoms with Crippen LogP contribution in [0.15, 0.2) is 83.0 Å². The van der Waals surface area contributed by atoms with Crippen LogP contribution in [-0.2, 0) is 16.6 Å². The molecule has 7 nitrogen and oxygen atoms in total. The molecule has 190 valence electrons. The largest absolute Gasteiger partial charge is 0.451 e. The highest BCUT2D eigenvalue weighted by Gasteiger charge is 2.24. The zero-order valence-electron chi connectivity index (χ0n) is 20.5. The lowest BCUT2D eigenvalue weighted by Crippen LogP contribution is -2.28. The molecule has 1 amide bonds. The zero-order valence-corrected chi connectivity index (χ0v) is 22.1. The molecule has 38 heavy (non-hydrogen) atoms. The topological polar surface area (TPSA) is 90.3 Å². The van der Waals surface area contributed by atoms with Crippen molar-refractivity contribution in [1.29, 1.82) is 0 Å². The van der Waals surface area contributed by atoms with Crippen molar-refractivity contribution >= 4 is 50.7 Å². The minimum Gasteiger partial charge on any atom is -0.451 e. The van der Waals surface area contributed by atoms with Crippen LogP contribution < -0.4 is 10.9 Å². The molecule has 0 saturated carbocycles. The molecule has 5 aromatic rings. The quantitative estimate of drug-likeness (QED) is 0.262. The molecular weight excluding hydrogens is 522 g/mol. The summed E-state index contributed by atoms with van der Waals surface area (Å²) in [5.41, 5.74) is 3.71.